The van der Waals surface area contributed by atoms with Crippen LogP contribution in [0.5, 0.6) is 0 Å². The third kappa shape index (κ3) is 4.22. The molecular weight excluding hydrogens is 354 g/mol. The summed E-state index contributed by atoms with van der Waals surface area (Å²) in [4.78, 5) is 38.6. The molecule has 0 aromatic heterocycles. The topological polar surface area (TPSA) is 78.5 Å². The number of nitrogens with one attached hydrogen (secondary N) is 2. The molecule has 0 aliphatic carbocycles. The van der Waals surface area contributed by atoms with E-state index >= 15 is 0 Å². The Balaban J connectivity index is 1.70. The first kappa shape index (κ1) is 19.6. The molecule has 1 saturated heterocycles. The van der Waals surface area contributed by atoms with E-state index in [1.807, 2.05) is 24.3 Å². The second-order valence-corrected chi connectivity index (χ2v) is 7.30. The summed E-state index contributed by atoms with van der Waals surface area (Å²) in [6, 6.07) is 14.6. The molecule has 28 heavy (non-hydrogen) atoms. The molecule has 3 rings (SSSR count). The summed E-state index contributed by atoms with van der Waals surface area (Å²) >= 11 is 0. The van der Waals surface area contributed by atoms with Gasteiger partial charge in [-0.15, -0.1) is 0 Å². The van der Waals surface area contributed by atoms with Crippen molar-refractivity contribution in [2.75, 3.05) is 23.8 Å². The molecule has 0 radical (unpaired) electrons. The van der Waals surface area contributed by atoms with E-state index in [2.05, 4.69) is 24.5 Å². The quantitative estimate of drug-likeness (QED) is 0.838. The van der Waals surface area contributed by atoms with Gasteiger partial charge in [-0.1, -0.05) is 32.0 Å². The number of nitrogens with zero attached hydrogens (tertiary/aromatic N) is 1. The zero-order valence-corrected chi connectivity index (χ0v) is 16.4. The minimum atomic E-state index is -0.432. The fourth-order valence-corrected chi connectivity index (χ4v) is 3.31. The minimum absolute atomic E-state index is 0.0554. The predicted octanol–water partition coefficient (Wildman–Crippen LogP) is 3.16. The molecule has 1 atom stereocenters. The van der Waals surface area contributed by atoms with Crippen LogP contribution in [0.1, 0.15) is 42.1 Å². The Morgan fingerprint density at radius 1 is 1.11 bits per heavy atom. The Morgan fingerprint density at radius 3 is 2.57 bits per heavy atom. The first-order valence-corrected chi connectivity index (χ1v) is 9.42. The SMILES string of the molecule is CNC(=O)c1cccc(NC(=O)C2CC(=O)N(c3cccc(C(C)C)c3)C2)c1. The van der Waals surface area contributed by atoms with E-state index in [9.17, 15) is 14.4 Å². The molecule has 6 heteroatoms. The van der Waals surface area contributed by atoms with Crippen molar-refractivity contribution in [3.8, 4) is 0 Å². The van der Waals surface area contributed by atoms with Gasteiger partial charge in [0.2, 0.25) is 11.8 Å². The van der Waals surface area contributed by atoms with Crippen molar-refractivity contribution in [1.82, 2.24) is 5.32 Å². The van der Waals surface area contributed by atoms with E-state index in [4.69, 9.17) is 0 Å². The fourth-order valence-electron chi connectivity index (χ4n) is 3.31. The molecular formula is C22H25N3O3. The van der Waals surface area contributed by atoms with Gasteiger partial charge in [-0.25, -0.2) is 0 Å². The van der Waals surface area contributed by atoms with Crippen molar-refractivity contribution in [3.63, 3.8) is 0 Å². The monoisotopic (exact) mass is 379 g/mol. The number of hydrogen-bond acceptors (Lipinski definition) is 3. The Hall–Kier alpha value is -3.15. The number of carbonyl (C=O) groups excluding carboxylic acids is 3. The van der Waals surface area contributed by atoms with Crippen molar-refractivity contribution < 1.29 is 14.4 Å². The molecule has 1 heterocycles. The molecule has 146 valence electrons. The average molecular weight is 379 g/mol. The molecule has 1 fully saturated rings. The normalized spacial score (nSPS) is 16.4. The van der Waals surface area contributed by atoms with Crippen LogP contribution in [0, 0.1) is 5.92 Å². The van der Waals surface area contributed by atoms with E-state index in [-0.39, 0.29) is 24.1 Å². The van der Waals surface area contributed by atoms with Crippen LogP contribution < -0.4 is 15.5 Å². The van der Waals surface area contributed by atoms with Crippen LogP contribution >= 0.6 is 0 Å². The molecule has 1 unspecified atom stereocenters. The van der Waals surface area contributed by atoms with E-state index in [0.717, 1.165) is 11.3 Å². The Labute approximate surface area is 164 Å². The maximum absolute atomic E-state index is 12.7. The molecule has 1 aliphatic heterocycles. The molecule has 6 nitrogen and oxygen atoms in total. The van der Waals surface area contributed by atoms with Crippen molar-refractivity contribution in [1.29, 1.82) is 0 Å². The van der Waals surface area contributed by atoms with Crippen LogP contribution in [-0.4, -0.2) is 31.3 Å². The molecule has 0 saturated carbocycles. The van der Waals surface area contributed by atoms with Gasteiger partial charge in [0, 0.05) is 37.0 Å². The van der Waals surface area contributed by atoms with Crippen molar-refractivity contribution >= 4 is 29.1 Å². The van der Waals surface area contributed by atoms with Gasteiger partial charge >= 0.3 is 0 Å². The molecule has 2 N–H and O–H groups in total. The van der Waals surface area contributed by atoms with Crippen LogP contribution in [0.15, 0.2) is 48.5 Å². The Bertz CT molecular complexity index is 907. The highest BCUT2D eigenvalue weighted by atomic mass is 16.2. The van der Waals surface area contributed by atoms with Gasteiger partial charge in [-0.05, 0) is 41.8 Å². The highest BCUT2D eigenvalue weighted by molar-refractivity contribution is 6.04. The lowest BCUT2D eigenvalue weighted by molar-refractivity contribution is -0.122. The smallest absolute Gasteiger partial charge is 0.251 e. The fraction of sp³-hybridized carbons (Fsp3) is 0.318. The van der Waals surface area contributed by atoms with Crippen LogP contribution in [0.3, 0.4) is 0 Å². The van der Waals surface area contributed by atoms with Gasteiger partial charge in [0.1, 0.15) is 0 Å². The molecule has 3 amide bonds. The molecule has 2 aromatic carbocycles. The van der Waals surface area contributed by atoms with Gasteiger partial charge in [0.25, 0.3) is 5.91 Å². The minimum Gasteiger partial charge on any atom is -0.355 e. The summed E-state index contributed by atoms with van der Waals surface area (Å²) in [5, 5.41) is 5.38. The number of anilines is 2. The number of rotatable bonds is 5. The summed E-state index contributed by atoms with van der Waals surface area (Å²) in [6.45, 7) is 4.56. The van der Waals surface area contributed by atoms with Gasteiger partial charge in [-0.2, -0.15) is 0 Å². The van der Waals surface area contributed by atoms with Gasteiger partial charge in [0.05, 0.1) is 5.92 Å². The summed E-state index contributed by atoms with van der Waals surface area (Å²) in [5.74, 6) is -0.559. The van der Waals surface area contributed by atoms with Crippen LogP contribution in [0.4, 0.5) is 11.4 Å². The van der Waals surface area contributed by atoms with Gasteiger partial charge in [0.15, 0.2) is 0 Å². The number of amides is 3. The van der Waals surface area contributed by atoms with Crippen molar-refractivity contribution in [3.05, 3.63) is 59.7 Å². The number of carbonyl (C=O) groups is 3. The van der Waals surface area contributed by atoms with Crippen molar-refractivity contribution in [2.24, 2.45) is 5.92 Å². The summed E-state index contributed by atoms with van der Waals surface area (Å²) in [5.41, 5.74) is 2.99. The predicted molar refractivity (Wildman–Crippen MR) is 109 cm³/mol. The first-order chi connectivity index (χ1) is 13.4. The van der Waals surface area contributed by atoms with Crippen LogP contribution in [0.2, 0.25) is 0 Å². The molecule has 0 bridgehead atoms. The highest BCUT2D eigenvalue weighted by Crippen LogP contribution is 2.28. The lowest BCUT2D eigenvalue weighted by atomic mass is 10.0. The van der Waals surface area contributed by atoms with Gasteiger partial charge < -0.3 is 15.5 Å². The summed E-state index contributed by atoms with van der Waals surface area (Å²) in [6.07, 6.45) is 0.173. The largest absolute Gasteiger partial charge is 0.355 e. The maximum Gasteiger partial charge on any atom is 0.251 e. The molecule has 1 aliphatic rings. The van der Waals surface area contributed by atoms with Gasteiger partial charge in [-0.3, -0.25) is 14.4 Å². The maximum atomic E-state index is 12.7. The Morgan fingerprint density at radius 2 is 1.86 bits per heavy atom. The molecule has 2 aromatic rings. The number of hydrogen-bond donors (Lipinski definition) is 2. The average Bonchev–Trinajstić information content (AvgIpc) is 3.09. The zero-order chi connectivity index (χ0) is 20.3. The van der Waals surface area contributed by atoms with E-state index < -0.39 is 5.92 Å². The van der Waals surface area contributed by atoms with Crippen LogP contribution in [0.25, 0.3) is 0 Å². The van der Waals surface area contributed by atoms with E-state index in [1.54, 1.807) is 36.2 Å². The van der Waals surface area contributed by atoms with Crippen LogP contribution in [-0.2, 0) is 9.59 Å². The third-order valence-electron chi connectivity index (χ3n) is 4.96. The molecule has 0 spiro atoms. The second kappa shape index (κ2) is 8.25. The Kier molecular flexibility index (Phi) is 5.78. The third-order valence-corrected chi connectivity index (χ3v) is 4.96. The summed E-state index contributed by atoms with van der Waals surface area (Å²) in [7, 11) is 1.56. The lowest BCUT2D eigenvalue weighted by Gasteiger charge is -2.18. The standard InChI is InChI=1S/C22H25N3O3/c1-14(2)15-6-5-9-19(11-15)25-13-17(12-20(25)26)22(28)24-18-8-4-7-16(10-18)21(27)23-3/h4-11,14,17H,12-13H2,1-3H3,(H,23,27)(H,24,28). The van der Waals surface area contributed by atoms with Crippen molar-refractivity contribution in [2.45, 2.75) is 26.2 Å². The highest BCUT2D eigenvalue weighted by Gasteiger charge is 2.35. The second-order valence-electron chi connectivity index (χ2n) is 7.30. The van der Waals surface area contributed by atoms with E-state index in [1.165, 1.54) is 0 Å². The lowest BCUT2D eigenvalue weighted by Crippen LogP contribution is -2.28. The number of benzene rings is 2. The zero-order valence-electron chi connectivity index (χ0n) is 16.4. The summed E-state index contributed by atoms with van der Waals surface area (Å²) < 4.78 is 0. The first-order valence-electron chi connectivity index (χ1n) is 9.42. The van der Waals surface area contributed by atoms with E-state index in [0.29, 0.717) is 23.7 Å².